The maximum atomic E-state index is 6.13. The van der Waals surface area contributed by atoms with Crippen LogP contribution in [-0.4, -0.2) is 6.54 Å². The first-order chi connectivity index (χ1) is 9.63. The third-order valence-electron chi connectivity index (χ3n) is 3.26. The van der Waals surface area contributed by atoms with Crippen LogP contribution in [0.2, 0.25) is 5.02 Å². The molecule has 0 radical (unpaired) electrons. The van der Waals surface area contributed by atoms with Crippen LogP contribution in [0.25, 0.3) is 0 Å². The molecule has 20 heavy (non-hydrogen) atoms. The van der Waals surface area contributed by atoms with Crippen molar-refractivity contribution < 1.29 is 4.74 Å². The van der Waals surface area contributed by atoms with E-state index in [1.807, 2.05) is 30.3 Å². The zero-order valence-corrected chi connectivity index (χ0v) is 12.7. The summed E-state index contributed by atoms with van der Waals surface area (Å²) in [5.74, 6) is 1.68. The molecule has 106 valence electrons. The van der Waals surface area contributed by atoms with Crippen molar-refractivity contribution in [2.24, 2.45) is 5.73 Å². The van der Waals surface area contributed by atoms with Gasteiger partial charge in [-0.3, -0.25) is 0 Å². The standard InChI is InChI=1S/C17H20ClNO/c1-3-13-11-15(5-6-16(13)18)20-17-7-4-12(2)10-14(17)8-9-19/h4-7,10-11H,3,8-9,19H2,1-2H3. The lowest BCUT2D eigenvalue weighted by Crippen LogP contribution is -2.04. The van der Waals surface area contributed by atoms with E-state index in [0.29, 0.717) is 6.54 Å². The van der Waals surface area contributed by atoms with Crippen LogP contribution in [0.4, 0.5) is 0 Å². The van der Waals surface area contributed by atoms with Gasteiger partial charge in [-0.2, -0.15) is 0 Å². The van der Waals surface area contributed by atoms with E-state index in [1.54, 1.807) is 0 Å². The summed E-state index contributed by atoms with van der Waals surface area (Å²) in [4.78, 5) is 0. The van der Waals surface area contributed by atoms with E-state index >= 15 is 0 Å². The quantitative estimate of drug-likeness (QED) is 0.879. The van der Waals surface area contributed by atoms with Crippen LogP contribution in [0.3, 0.4) is 0 Å². The summed E-state index contributed by atoms with van der Waals surface area (Å²) >= 11 is 6.13. The van der Waals surface area contributed by atoms with Gasteiger partial charge in [-0.15, -0.1) is 0 Å². The van der Waals surface area contributed by atoms with Crippen molar-refractivity contribution in [2.75, 3.05) is 6.54 Å². The van der Waals surface area contributed by atoms with Gasteiger partial charge in [-0.05, 0) is 61.7 Å². The molecule has 0 saturated heterocycles. The molecule has 2 aromatic rings. The van der Waals surface area contributed by atoms with Gasteiger partial charge in [0.1, 0.15) is 11.5 Å². The minimum Gasteiger partial charge on any atom is -0.457 e. The maximum Gasteiger partial charge on any atom is 0.130 e. The molecule has 0 aliphatic heterocycles. The number of hydrogen-bond donors (Lipinski definition) is 1. The van der Waals surface area contributed by atoms with E-state index in [9.17, 15) is 0 Å². The average Bonchev–Trinajstić information content (AvgIpc) is 2.44. The molecule has 2 nitrogen and oxygen atoms in total. The smallest absolute Gasteiger partial charge is 0.130 e. The molecule has 0 bridgehead atoms. The van der Waals surface area contributed by atoms with Gasteiger partial charge in [0.2, 0.25) is 0 Å². The average molecular weight is 290 g/mol. The Labute approximate surface area is 125 Å². The largest absolute Gasteiger partial charge is 0.457 e. The Morgan fingerprint density at radius 3 is 2.60 bits per heavy atom. The summed E-state index contributed by atoms with van der Waals surface area (Å²) in [7, 11) is 0. The highest BCUT2D eigenvalue weighted by Gasteiger charge is 2.07. The molecule has 3 heteroatoms. The van der Waals surface area contributed by atoms with Gasteiger partial charge < -0.3 is 10.5 Å². The molecular formula is C17H20ClNO. The molecule has 0 aliphatic carbocycles. The second kappa shape index (κ2) is 6.78. The zero-order chi connectivity index (χ0) is 14.5. The van der Waals surface area contributed by atoms with Crippen LogP contribution in [0, 0.1) is 6.92 Å². The van der Waals surface area contributed by atoms with Gasteiger partial charge >= 0.3 is 0 Å². The highest BCUT2D eigenvalue weighted by atomic mass is 35.5. The SMILES string of the molecule is CCc1cc(Oc2ccc(C)cc2CCN)ccc1Cl. The lowest BCUT2D eigenvalue weighted by molar-refractivity contribution is 0.475. The lowest BCUT2D eigenvalue weighted by atomic mass is 10.1. The van der Waals surface area contributed by atoms with E-state index in [-0.39, 0.29) is 0 Å². The van der Waals surface area contributed by atoms with Crippen molar-refractivity contribution in [3.05, 3.63) is 58.1 Å². The van der Waals surface area contributed by atoms with Crippen LogP contribution in [0.1, 0.15) is 23.6 Å². The topological polar surface area (TPSA) is 35.2 Å². The Kier molecular flexibility index (Phi) is 5.05. The Morgan fingerprint density at radius 2 is 1.90 bits per heavy atom. The van der Waals surface area contributed by atoms with Crippen molar-refractivity contribution in [3.8, 4) is 11.5 Å². The highest BCUT2D eigenvalue weighted by Crippen LogP contribution is 2.29. The second-order valence-corrected chi connectivity index (χ2v) is 5.27. The van der Waals surface area contributed by atoms with E-state index in [2.05, 4.69) is 19.9 Å². The number of rotatable bonds is 5. The Morgan fingerprint density at radius 1 is 1.10 bits per heavy atom. The van der Waals surface area contributed by atoms with Gasteiger partial charge in [0.25, 0.3) is 0 Å². The summed E-state index contributed by atoms with van der Waals surface area (Å²) in [6.45, 7) is 4.76. The molecule has 0 heterocycles. The fourth-order valence-corrected chi connectivity index (χ4v) is 2.42. The van der Waals surface area contributed by atoms with Gasteiger partial charge in [0.05, 0.1) is 0 Å². The Balaban J connectivity index is 2.29. The summed E-state index contributed by atoms with van der Waals surface area (Å²) in [5.41, 5.74) is 9.11. The van der Waals surface area contributed by atoms with Crippen LogP contribution in [-0.2, 0) is 12.8 Å². The third kappa shape index (κ3) is 3.53. The number of aryl methyl sites for hydroxylation is 2. The first-order valence-corrected chi connectivity index (χ1v) is 7.27. The van der Waals surface area contributed by atoms with Crippen LogP contribution < -0.4 is 10.5 Å². The molecular weight excluding hydrogens is 270 g/mol. The molecule has 2 rings (SSSR count). The Bertz CT molecular complexity index is 596. The third-order valence-corrected chi connectivity index (χ3v) is 3.62. The minimum atomic E-state index is 0.612. The summed E-state index contributed by atoms with van der Waals surface area (Å²) in [5, 5.41) is 0.783. The second-order valence-electron chi connectivity index (χ2n) is 4.86. The van der Waals surface area contributed by atoms with Gasteiger partial charge in [-0.25, -0.2) is 0 Å². The van der Waals surface area contributed by atoms with Crippen molar-refractivity contribution >= 4 is 11.6 Å². The first kappa shape index (κ1) is 14.9. The van der Waals surface area contributed by atoms with Crippen molar-refractivity contribution in [2.45, 2.75) is 26.7 Å². The molecule has 0 spiro atoms. The van der Waals surface area contributed by atoms with E-state index < -0.39 is 0 Å². The normalized spacial score (nSPS) is 10.6. The molecule has 2 aromatic carbocycles. The van der Waals surface area contributed by atoms with Crippen molar-refractivity contribution in [3.63, 3.8) is 0 Å². The molecule has 0 aromatic heterocycles. The highest BCUT2D eigenvalue weighted by molar-refractivity contribution is 6.31. The van der Waals surface area contributed by atoms with Crippen molar-refractivity contribution in [1.82, 2.24) is 0 Å². The van der Waals surface area contributed by atoms with Gasteiger partial charge in [0, 0.05) is 5.02 Å². The van der Waals surface area contributed by atoms with Gasteiger partial charge in [0.15, 0.2) is 0 Å². The molecule has 0 atom stereocenters. The van der Waals surface area contributed by atoms with Gasteiger partial charge in [-0.1, -0.05) is 36.2 Å². The number of benzene rings is 2. The lowest BCUT2D eigenvalue weighted by Gasteiger charge is -2.13. The predicted molar refractivity (Wildman–Crippen MR) is 84.8 cm³/mol. The zero-order valence-electron chi connectivity index (χ0n) is 11.9. The molecule has 0 amide bonds. The van der Waals surface area contributed by atoms with E-state index in [4.69, 9.17) is 22.1 Å². The van der Waals surface area contributed by atoms with E-state index in [1.165, 1.54) is 5.56 Å². The summed E-state index contributed by atoms with van der Waals surface area (Å²) < 4.78 is 6.00. The summed E-state index contributed by atoms with van der Waals surface area (Å²) in [6.07, 6.45) is 1.70. The number of ether oxygens (including phenoxy) is 1. The molecule has 0 unspecified atom stereocenters. The fraction of sp³-hybridized carbons (Fsp3) is 0.294. The predicted octanol–water partition coefficient (Wildman–Crippen LogP) is 4.50. The molecule has 0 fully saturated rings. The number of halogens is 1. The minimum absolute atomic E-state index is 0.612. The monoisotopic (exact) mass is 289 g/mol. The summed E-state index contributed by atoms with van der Waals surface area (Å²) in [6, 6.07) is 11.9. The fourth-order valence-electron chi connectivity index (χ4n) is 2.17. The molecule has 2 N–H and O–H groups in total. The number of hydrogen-bond acceptors (Lipinski definition) is 2. The van der Waals surface area contributed by atoms with Crippen LogP contribution >= 0.6 is 11.6 Å². The number of nitrogens with two attached hydrogens (primary N) is 1. The van der Waals surface area contributed by atoms with Crippen molar-refractivity contribution in [1.29, 1.82) is 0 Å². The molecule has 0 aliphatic rings. The first-order valence-electron chi connectivity index (χ1n) is 6.90. The van der Waals surface area contributed by atoms with Crippen LogP contribution in [0.5, 0.6) is 11.5 Å². The Hall–Kier alpha value is -1.51. The maximum absolute atomic E-state index is 6.13. The van der Waals surface area contributed by atoms with Crippen LogP contribution in [0.15, 0.2) is 36.4 Å². The molecule has 0 saturated carbocycles. The van der Waals surface area contributed by atoms with E-state index in [0.717, 1.165) is 40.5 Å².